The summed E-state index contributed by atoms with van der Waals surface area (Å²) in [6.07, 6.45) is 9.79. The van der Waals surface area contributed by atoms with Crippen molar-refractivity contribution in [1.82, 2.24) is 0 Å². The fourth-order valence-electron chi connectivity index (χ4n) is 10.3. The number of aryl methyl sites for hydroxylation is 6. The summed E-state index contributed by atoms with van der Waals surface area (Å²) in [6.45, 7) is 18.6. The molecule has 0 bridgehead atoms. The minimum atomic E-state index is 0.885. The Balaban J connectivity index is 1.87. The molecule has 0 spiro atoms. The van der Waals surface area contributed by atoms with Gasteiger partial charge in [0.1, 0.15) is 0 Å². The van der Waals surface area contributed by atoms with Crippen LogP contribution in [-0.2, 0) is 38.5 Å². The molecule has 0 radical (unpaired) electrons. The Morgan fingerprint density at radius 1 is 0.328 bits per heavy atom. The highest BCUT2D eigenvalue weighted by atomic mass is 14.3. The van der Waals surface area contributed by atoms with Crippen LogP contribution in [0.15, 0.2) is 132 Å². The highest BCUT2D eigenvalue weighted by Gasteiger charge is 2.31. The van der Waals surface area contributed by atoms with E-state index >= 15 is 0 Å². The van der Waals surface area contributed by atoms with Crippen molar-refractivity contribution in [3.8, 4) is 33.4 Å². The van der Waals surface area contributed by atoms with Gasteiger partial charge in [-0.05, 0) is 173 Å². The molecule has 58 heavy (non-hydrogen) atoms. The van der Waals surface area contributed by atoms with Crippen molar-refractivity contribution in [1.29, 1.82) is 0 Å². The van der Waals surface area contributed by atoms with Crippen LogP contribution in [0.1, 0.15) is 107 Å². The maximum absolute atomic E-state index is 3.67. The zero-order chi connectivity index (χ0) is 40.5. The first-order chi connectivity index (χ1) is 28.5. The Morgan fingerprint density at radius 3 is 0.966 bits per heavy atom. The summed E-state index contributed by atoms with van der Waals surface area (Å²) in [5, 5.41) is 8.07. The van der Waals surface area contributed by atoms with Crippen LogP contribution in [-0.4, -0.2) is 0 Å². The Kier molecular flexibility index (Phi) is 11.3. The van der Waals surface area contributed by atoms with Gasteiger partial charge in [-0.1, -0.05) is 170 Å². The maximum Gasteiger partial charge on any atom is 0.0103 e. The van der Waals surface area contributed by atoms with Crippen LogP contribution >= 0.6 is 0 Å². The summed E-state index contributed by atoms with van der Waals surface area (Å²) < 4.78 is 0. The highest BCUT2D eigenvalue weighted by Crippen LogP contribution is 2.56. The third-order valence-corrected chi connectivity index (χ3v) is 13.0. The summed E-state index contributed by atoms with van der Waals surface area (Å²) in [6, 6.07) is 40.0. The molecule has 0 aliphatic heterocycles. The van der Waals surface area contributed by atoms with Crippen molar-refractivity contribution in [2.45, 2.75) is 107 Å². The molecule has 0 amide bonds. The summed E-state index contributed by atoms with van der Waals surface area (Å²) in [5.41, 5.74) is 29.2. The van der Waals surface area contributed by atoms with Crippen LogP contribution in [0.25, 0.3) is 71.3 Å². The average Bonchev–Trinajstić information content (AvgIpc) is 3.29. The molecule has 0 fully saturated rings. The van der Waals surface area contributed by atoms with Gasteiger partial charge in [-0.25, -0.2) is 0 Å². The molecule has 1 aliphatic carbocycles. The Bertz CT molecular complexity index is 2750. The summed E-state index contributed by atoms with van der Waals surface area (Å²) in [4.78, 5) is 0. The second kappa shape index (κ2) is 16.7. The van der Waals surface area contributed by atoms with Gasteiger partial charge in [0.05, 0.1) is 0 Å². The quantitative estimate of drug-likeness (QED) is 0.0861. The van der Waals surface area contributed by atoms with E-state index in [9.17, 15) is 0 Å². The van der Waals surface area contributed by atoms with Gasteiger partial charge in [0.15, 0.2) is 0 Å². The van der Waals surface area contributed by atoms with Gasteiger partial charge in [-0.3, -0.25) is 0 Å². The molecule has 0 nitrogen and oxygen atoms in total. The fourth-order valence-corrected chi connectivity index (χ4v) is 10.3. The smallest absolute Gasteiger partial charge is 0.0103 e. The van der Waals surface area contributed by atoms with Crippen LogP contribution < -0.4 is 0 Å². The van der Waals surface area contributed by atoms with Crippen molar-refractivity contribution in [3.05, 3.63) is 171 Å². The largest absolute Gasteiger partial charge is 0.0696 e. The number of fused-ring (bicyclic) bond motifs is 3. The van der Waals surface area contributed by atoms with E-state index in [1.165, 1.54) is 121 Å². The number of hydrogen-bond acceptors (Lipinski definition) is 0. The van der Waals surface area contributed by atoms with E-state index in [1.54, 1.807) is 0 Å². The van der Waals surface area contributed by atoms with Crippen molar-refractivity contribution in [3.63, 3.8) is 0 Å². The van der Waals surface area contributed by atoms with Crippen LogP contribution in [0.3, 0.4) is 0 Å². The third kappa shape index (κ3) is 6.23. The Hall–Kier alpha value is -5.64. The van der Waals surface area contributed by atoms with E-state index in [4.69, 9.17) is 0 Å². The molecule has 0 saturated carbocycles. The average molecular weight is 755 g/mol. The van der Waals surface area contributed by atoms with Crippen LogP contribution in [0.5, 0.6) is 0 Å². The number of allylic oxidation sites excluding steroid dienone is 4. The van der Waals surface area contributed by atoms with E-state index < -0.39 is 0 Å². The zero-order valence-corrected chi connectivity index (χ0v) is 36.0. The molecule has 0 aromatic heterocycles. The number of hydrogen-bond donors (Lipinski definition) is 0. The summed E-state index contributed by atoms with van der Waals surface area (Å²) >= 11 is 0. The van der Waals surface area contributed by atoms with E-state index in [1.807, 2.05) is 0 Å². The van der Waals surface area contributed by atoms with Gasteiger partial charge >= 0.3 is 0 Å². The molecule has 1 aliphatic rings. The third-order valence-electron chi connectivity index (χ3n) is 13.0. The lowest BCUT2D eigenvalue weighted by Gasteiger charge is -2.30. The van der Waals surface area contributed by atoms with Crippen molar-refractivity contribution in [2.24, 2.45) is 0 Å². The van der Waals surface area contributed by atoms with Gasteiger partial charge in [0.25, 0.3) is 0 Å². The molecule has 290 valence electrons. The van der Waals surface area contributed by atoms with Crippen molar-refractivity contribution < 1.29 is 0 Å². The van der Waals surface area contributed by atoms with E-state index in [0.29, 0.717) is 0 Å². The van der Waals surface area contributed by atoms with E-state index in [0.717, 1.165) is 51.4 Å². The lowest BCUT2D eigenvalue weighted by atomic mass is 9.72. The Labute approximate surface area is 347 Å². The lowest BCUT2D eigenvalue weighted by Crippen LogP contribution is -2.06. The molecule has 0 N–H and O–H groups in total. The number of benzene rings is 7. The highest BCUT2D eigenvalue weighted by molar-refractivity contribution is 6.33. The molecule has 7 aromatic carbocycles. The first-order valence-corrected chi connectivity index (χ1v) is 22.2. The second-order valence-electron chi connectivity index (χ2n) is 15.8. The SMILES string of the molecule is CCC1=C=C=CC(CC)=C1c1c2ccccc2c(-c2c(CC)cccc2CC)c2c(-c3c(CC)cccc3CC)c3ccccc3c(-c3c(CC)cccc3CC)c12. The first-order valence-electron chi connectivity index (χ1n) is 22.2. The molecule has 0 saturated heterocycles. The second-order valence-corrected chi connectivity index (χ2v) is 15.8. The predicted octanol–water partition coefficient (Wildman–Crippen LogP) is 16.3. The van der Waals surface area contributed by atoms with Crippen molar-refractivity contribution >= 4 is 37.9 Å². The molecule has 0 atom stereocenters. The molecule has 8 rings (SSSR count). The normalized spacial score (nSPS) is 12.7. The van der Waals surface area contributed by atoms with Crippen LogP contribution in [0, 0.1) is 0 Å². The minimum Gasteiger partial charge on any atom is -0.0696 e. The topological polar surface area (TPSA) is 0 Å². The van der Waals surface area contributed by atoms with Gasteiger partial charge < -0.3 is 0 Å². The van der Waals surface area contributed by atoms with Crippen molar-refractivity contribution in [2.75, 3.05) is 0 Å². The fraction of sp³-hybridized carbons (Fsp3) is 0.276. The summed E-state index contributed by atoms with van der Waals surface area (Å²) in [5.74, 6) is 0. The van der Waals surface area contributed by atoms with E-state index in [2.05, 4.69) is 176 Å². The Morgan fingerprint density at radius 2 is 0.655 bits per heavy atom. The van der Waals surface area contributed by atoms with Gasteiger partial charge in [0.2, 0.25) is 0 Å². The molecule has 0 heteroatoms. The molecule has 0 unspecified atom stereocenters. The molecular weight excluding hydrogens is 697 g/mol. The maximum atomic E-state index is 3.67. The standard InChI is InChI=1S/C58H58/c1-9-37-25-21-26-38(10-2)49(37)53-45-33-17-18-34-46(45)55(51-41(13-5)29-23-30-42(51)14-6)58-56(52-43(15-7)31-24-32-44(52)16-8)48-36-20-19-35-47(48)54(57(53)58)50-39(11-3)27-22-28-40(50)12-4/h17-23,25-31,33-36H,9-16H2,1-8H3. The van der Waals surface area contributed by atoms with Gasteiger partial charge in [-0.2, -0.15) is 0 Å². The predicted molar refractivity (Wildman–Crippen MR) is 254 cm³/mol. The zero-order valence-electron chi connectivity index (χ0n) is 36.0. The van der Waals surface area contributed by atoms with Gasteiger partial charge in [0, 0.05) is 5.57 Å². The number of rotatable bonds is 12. The van der Waals surface area contributed by atoms with Crippen LogP contribution in [0.2, 0.25) is 0 Å². The molecular formula is C58H58. The van der Waals surface area contributed by atoms with E-state index in [-0.39, 0.29) is 0 Å². The monoisotopic (exact) mass is 754 g/mol. The van der Waals surface area contributed by atoms with Crippen LogP contribution in [0.4, 0.5) is 0 Å². The minimum absolute atomic E-state index is 0.885. The summed E-state index contributed by atoms with van der Waals surface area (Å²) in [7, 11) is 0. The van der Waals surface area contributed by atoms with Gasteiger partial charge in [-0.15, -0.1) is 0 Å². The lowest BCUT2D eigenvalue weighted by molar-refractivity contribution is 1.09. The first kappa shape index (κ1) is 39.2. The molecule has 0 heterocycles. The molecule has 7 aromatic rings.